The zero-order valence-electron chi connectivity index (χ0n) is 14.3. The molecule has 0 bridgehead atoms. The number of rotatable bonds is 6. The van der Waals surface area contributed by atoms with Crippen LogP contribution in [0.3, 0.4) is 0 Å². The first kappa shape index (κ1) is 19.7. The van der Waals surface area contributed by atoms with Crippen molar-refractivity contribution < 1.29 is 22.7 Å². The number of ether oxygens (including phenoxy) is 1. The Morgan fingerprint density at radius 1 is 1.14 bits per heavy atom. The van der Waals surface area contributed by atoms with E-state index in [0.717, 1.165) is 11.8 Å². The van der Waals surface area contributed by atoms with Crippen LogP contribution in [0.4, 0.5) is 19.0 Å². The molecule has 1 N–H and O–H groups in total. The number of pyridine rings is 1. The van der Waals surface area contributed by atoms with Crippen LogP contribution in [0.5, 0.6) is 5.88 Å². The van der Waals surface area contributed by atoms with Crippen molar-refractivity contribution in [2.75, 3.05) is 11.9 Å². The summed E-state index contributed by atoms with van der Waals surface area (Å²) in [5, 5.41) is 7.48. The number of hydrogen-bond donors (Lipinski definition) is 1. The second-order valence-electron chi connectivity index (χ2n) is 5.74. The van der Waals surface area contributed by atoms with Crippen LogP contribution in [0.1, 0.15) is 15.9 Å². The van der Waals surface area contributed by atoms with E-state index in [1.807, 2.05) is 12.1 Å². The highest BCUT2D eigenvalue weighted by Crippen LogP contribution is 2.18. The quantitative estimate of drug-likeness (QED) is 0.662. The van der Waals surface area contributed by atoms with Gasteiger partial charge in [-0.3, -0.25) is 4.79 Å². The highest BCUT2D eigenvalue weighted by atomic mass is 35.5. The molecule has 3 aromatic rings. The van der Waals surface area contributed by atoms with E-state index in [1.54, 1.807) is 22.9 Å². The van der Waals surface area contributed by atoms with Crippen LogP contribution in [-0.4, -0.2) is 33.5 Å². The van der Waals surface area contributed by atoms with Crippen molar-refractivity contribution in [3.05, 3.63) is 71.0 Å². The molecule has 0 aliphatic heterocycles. The molecule has 10 heteroatoms. The van der Waals surface area contributed by atoms with Gasteiger partial charge in [-0.25, -0.2) is 9.67 Å². The number of nitrogens with one attached hydrogen (secondary N) is 1. The van der Waals surface area contributed by atoms with Gasteiger partial charge in [0.15, 0.2) is 6.61 Å². The van der Waals surface area contributed by atoms with Gasteiger partial charge in [0, 0.05) is 23.4 Å². The lowest BCUT2D eigenvalue weighted by atomic mass is 10.2. The van der Waals surface area contributed by atoms with Crippen molar-refractivity contribution in [3.63, 3.8) is 0 Å². The number of benzene rings is 1. The van der Waals surface area contributed by atoms with E-state index in [4.69, 9.17) is 11.6 Å². The first-order valence-electron chi connectivity index (χ1n) is 8.03. The maximum Gasteiger partial charge on any atom is 0.422 e. The number of hydrogen-bond acceptors (Lipinski definition) is 4. The number of anilines is 1. The van der Waals surface area contributed by atoms with Gasteiger partial charge < -0.3 is 10.1 Å². The van der Waals surface area contributed by atoms with Crippen molar-refractivity contribution >= 4 is 23.3 Å². The van der Waals surface area contributed by atoms with Crippen LogP contribution in [0.25, 0.3) is 0 Å². The Kier molecular flexibility index (Phi) is 5.84. The van der Waals surface area contributed by atoms with Crippen LogP contribution in [-0.2, 0) is 6.54 Å². The molecular weight excluding hydrogens is 397 g/mol. The van der Waals surface area contributed by atoms with Gasteiger partial charge in [-0.15, -0.1) is 0 Å². The summed E-state index contributed by atoms with van der Waals surface area (Å²) in [5.41, 5.74) is 1.11. The van der Waals surface area contributed by atoms with Crippen molar-refractivity contribution in [3.8, 4) is 5.88 Å². The monoisotopic (exact) mass is 410 g/mol. The third-order valence-electron chi connectivity index (χ3n) is 3.59. The van der Waals surface area contributed by atoms with Gasteiger partial charge in [0.05, 0.1) is 18.3 Å². The number of aromatic nitrogens is 3. The lowest BCUT2D eigenvalue weighted by molar-refractivity contribution is -0.154. The average Bonchev–Trinajstić information content (AvgIpc) is 3.08. The minimum atomic E-state index is -4.46. The molecule has 3 rings (SSSR count). The minimum Gasteiger partial charge on any atom is -0.468 e. The Morgan fingerprint density at radius 3 is 2.54 bits per heavy atom. The van der Waals surface area contributed by atoms with Gasteiger partial charge >= 0.3 is 6.18 Å². The summed E-state index contributed by atoms with van der Waals surface area (Å²) in [5.74, 6) is -0.244. The summed E-state index contributed by atoms with van der Waals surface area (Å²) >= 11 is 5.86. The topological polar surface area (TPSA) is 69.0 Å². The average molecular weight is 411 g/mol. The molecule has 1 aromatic carbocycles. The molecule has 146 valence electrons. The third-order valence-corrected chi connectivity index (χ3v) is 3.84. The maximum absolute atomic E-state index is 12.4. The molecule has 0 saturated heterocycles. The Hall–Kier alpha value is -3.07. The van der Waals surface area contributed by atoms with Gasteiger partial charge in [0.2, 0.25) is 5.88 Å². The molecule has 0 saturated carbocycles. The zero-order valence-corrected chi connectivity index (χ0v) is 15.0. The number of amides is 1. The van der Waals surface area contributed by atoms with Gasteiger partial charge in [0.25, 0.3) is 5.91 Å². The van der Waals surface area contributed by atoms with Gasteiger partial charge in [0.1, 0.15) is 5.82 Å². The number of halogens is 4. The van der Waals surface area contributed by atoms with Crippen LogP contribution >= 0.6 is 11.6 Å². The molecule has 0 aliphatic carbocycles. The molecule has 2 heterocycles. The zero-order chi connectivity index (χ0) is 20.1. The second kappa shape index (κ2) is 8.30. The van der Waals surface area contributed by atoms with Gasteiger partial charge in [-0.1, -0.05) is 23.7 Å². The van der Waals surface area contributed by atoms with Crippen LogP contribution < -0.4 is 10.1 Å². The fraction of sp³-hybridized carbons (Fsp3) is 0.167. The van der Waals surface area contributed by atoms with E-state index >= 15 is 0 Å². The first-order chi connectivity index (χ1) is 13.3. The smallest absolute Gasteiger partial charge is 0.422 e. The van der Waals surface area contributed by atoms with Crippen molar-refractivity contribution in [2.45, 2.75) is 12.7 Å². The highest BCUT2D eigenvalue weighted by Gasteiger charge is 2.28. The van der Waals surface area contributed by atoms with Crippen LogP contribution in [0.2, 0.25) is 5.02 Å². The fourth-order valence-corrected chi connectivity index (χ4v) is 2.40. The van der Waals surface area contributed by atoms with Gasteiger partial charge in [-0.05, 0) is 23.8 Å². The Balaban J connectivity index is 1.63. The molecule has 1 amide bonds. The molecular formula is C18H14ClF3N4O2. The van der Waals surface area contributed by atoms with Gasteiger partial charge in [-0.2, -0.15) is 18.3 Å². The minimum absolute atomic E-state index is 0.165. The normalized spacial score (nSPS) is 11.3. The molecule has 0 spiro atoms. The van der Waals surface area contributed by atoms with E-state index < -0.39 is 18.7 Å². The van der Waals surface area contributed by atoms with E-state index in [9.17, 15) is 18.0 Å². The number of alkyl halides is 3. The molecule has 0 radical (unpaired) electrons. The number of nitrogens with zero attached hydrogens (tertiary/aromatic N) is 3. The van der Waals surface area contributed by atoms with Crippen LogP contribution in [0, 0.1) is 0 Å². The number of carbonyl (C=O) groups is 1. The van der Waals surface area contributed by atoms with E-state index in [2.05, 4.69) is 20.1 Å². The van der Waals surface area contributed by atoms with Crippen molar-refractivity contribution in [2.24, 2.45) is 0 Å². The molecule has 0 aliphatic rings. The SMILES string of the molecule is O=C(Nc1ccnn1Cc1ccc(Cl)cc1)c1ccc(OCC(F)(F)F)nc1. The largest absolute Gasteiger partial charge is 0.468 e. The van der Waals surface area contributed by atoms with E-state index in [1.165, 1.54) is 18.3 Å². The third kappa shape index (κ3) is 5.46. The number of carbonyl (C=O) groups excluding carboxylic acids is 1. The first-order valence-corrected chi connectivity index (χ1v) is 8.41. The summed E-state index contributed by atoms with van der Waals surface area (Å²) in [7, 11) is 0. The lowest BCUT2D eigenvalue weighted by Crippen LogP contribution is -2.20. The molecule has 28 heavy (non-hydrogen) atoms. The van der Waals surface area contributed by atoms with Crippen molar-refractivity contribution in [1.29, 1.82) is 0 Å². The standard InChI is InChI=1S/C18H14ClF3N4O2/c19-14-4-1-12(2-5-14)10-26-15(7-8-24-26)25-17(27)13-3-6-16(23-9-13)28-11-18(20,21)22/h1-9H,10-11H2,(H,25,27). The lowest BCUT2D eigenvalue weighted by Gasteiger charge is -2.10. The van der Waals surface area contributed by atoms with E-state index in [-0.39, 0.29) is 11.4 Å². The summed E-state index contributed by atoms with van der Waals surface area (Å²) in [6, 6.07) is 11.4. The van der Waals surface area contributed by atoms with Crippen LogP contribution in [0.15, 0.2) is 54.9 Å². The maximum atomic E-state index is 12.4. The summed E-state index contributed by atoms with van der Waals surface area (Å²) in [4.78, 5) is 16.1. The molecule has 2 aromatic heterocycles. The Morgan fingerprint density at radius 2 is 1.89 bits per heavy atom. The summed E-state index contributed by atoms with van der Waals surface area (Å²) in [6.45, 7) is -1.03. The van der Waals surface area contributed by atoms with E-state index in [0.29, 0.717) is 17.4 Å². The Bertz CT molecular complexity index is 941. The molecule has 6 nitrogen and oxygen atoms in total. The summed E-state index contributed by atoms with van der Waals surface area (Å²) in [6.07, 6.45) is -1.78. The second-order valence-corrected chi connectivity index (χ2v) is 6.18. The fourth-order valence-electron chi connectivity index (χ4n) is 2.27. The predicted molar refractivity (Wildman–Crippen MR) is 96.5 cm³/mol. The van der Waals surface area contributed by atoms with Crippen molar-refractivity contribution in [1.82, 2.24) is 14.8 Å². The molecule has 0 atom stereocenters. The molecule has 0 unspecified atom stereocenters. The predicted octanol–water partition coefficient (Wildman–Crippen LogP) is 4.17. The highest BCUT2D eigenvalue weighted by molar-refractivity contribution is 6.30. The Labute approximate surface area is 162 Å². The summed E-state index contributed by atoms with van der Waals surface area (Å²) < 4.78 is 42.5. The molecule has 0 fully saturated rings.